The van der Waals surface area contributed by atoms with Crippen LogP contribution < -0.4 is 11.3 Å². The molecule has 1 fully saturated rings. The standard InChI is InChI=1S/C17H18N4OS/c18-15-11-20(10-14(15)12-4-2-1-3-5-12)9-13-8-16(22)21-6-7-23-17(21)19-13/h1-8,14-15H,9-11,18H2/t14-,15+/m0/s1. The van der Waals surface area contributed by atoms with Crippen LogP contribution in [0.3, 0.4) is 0 Å². The number of aromatic nitrogens is 2. The fourth-order valence-electron chi connectivity index (χ4n) is 3.29. The molecule has 0 unspecified atom stereocenters. The van der Waals surface area contributed by atoms with Crippen molar-refractivity contribution in [1.82, 2.24) is 14.3 Å². The molecule has 2 atom stereocenters. The van der Waals surface area contributed by atoms with E-state index < -0.39 is 0 Å². The van der Waals surface area contributed by atoms with Crippen LogP contribution in [0.4, 0.5) is 0 Å². The second-order valence-corrected chi connectivity index (χ2v) is 6.89. The van der Waals surface area contributed by atoms with Gasteiger partial charge < -0.3 is 5.73 Å². The quantitative estimate of drug-likeness (QED) is 0.795. The molecule has 0 bridgehead atoms. The minimum atomic E-state index is -0.0191. The van der Waals surface area contributed by atoms with Crippen molar-refractivity contribution in [3.8, 4) is 0 Å². The van der Waals surface area contributed by atoms with Crippen LogP contribution in [0.2, 0.25) is 0 Å². The van der Waals surface area contributed by atoms with E-state index in [9.17, 15) is 4.79 Å². The zero-order valence-corrected chi connectivity index (χ0v) is 13.4. The van der Waals surface area contributed by atoms with Gasteiger partial charge in [0.15, 0.2) is 4.96 Å². The molecular formula is C17H18N4OS. The maximum atomic E-state index is 12.1. The number of fused-ring (bicyclic) bond motifs is 1. The molecule has 6 heteroatoms. The molecule has 2 N–H and O–H groups in total. The van der Waals surface area contributed by atoms with Gasteiger partial charge in [0.2, 0.25) is 0 Å². The summed E-state index contributed by atoms with van der Waals surface area (Å²) < 4.78 is 1.58. The first kappa shape index (κ1) is 14.6. The van der Waals surface area contributed by atoms with Crippen LogP contribution in [0.15, 0.2) is 52.8 Å². The fourth-order valence-corrected chi connectivity index (χ4v) is 4.03. The topological polar surface area (TPSA) is 63.6 Å². The SMILES string of the molecule is N[C@@H]1CN(Cc2cc(=O)n3ccsc3n2)C[C@H]1c1ccccc1. The van der Waals surface area contributed by atoms with Crippen molar-refractivity contribution in [2.24, 2.45) is 5.73 Å². The summed E-state index contributed by atoms with van der Waals surface area (Å²) in [6.07, 6.45) is 1.76. The van der Waals surface area contributed by atoms with E-state index in [0.717, 1.165) is 23.7 Å². The highest BCUT2D eigenvalue weighted by molar-refractivity contribution is 7.15. The largest absolute Gasteiger partial charge is 0.326 e. The van der Waals surface area contributed by atoms with E-state index in [1.807, 2.05) is 11.4 Å². The Labute approximate surface area is 138 Å². The second-order valence-electron chi connectivity index (χ2n) is 6.02. The van der Waals surface area contributed by atoms with Crippen molar-refractivity contribution < 1.29 is 0 Å². The number of benzene rings is 1. The molecule has 0 spiro atoms. The summed E-state index contributed by atoms with van der Waals surface area (Å²) in [5.41, 5.74) is 8.41. The molecule has 2 aromatic heterocycles. The van der Waals surface area contributed by atoms with Crippen molar-refractivity contribution in [3.05, 3.63) is 69.6 Å². The average molecular weight is 326 g/mol. The zero-order chi connectivity index (χ0) is 15.8. The first-order valence-corrected chi connectivity index (χ1v) is 8.57. The Balaban J connectivity index is 1.54. The van der Waals surface area contributed by atoms with E-state index in [0.29, 0.717) is 12.5 Å². The monoisotopic (exact) mass is 326 g/mol. The maximum Gasteiger partial charge on any atom is 0.258 e. The molecule has 0 saturated carbocycles. The summed E-state index contributed by atoms with van der Waals surface area (Å²) in [6.45, 7) is 2.39. The Morgan fingerprint density at radius 2 is 2.09 bits per heavy atom. The first-order chi connectivity index (χ1) is 11.2. The van der Waals surface area contributed by atoms with Gasteiger partial charge in [-0.05, 0) is 5.56 Å². The van der Waals surface area contributed by atoms with Gasteiger partial charge in [-0.3, -0.25) is 14.1 Å². The van der Waals surface area contributed by atoms with Gasteiger partial charge in [-0.15, -0.1) is 11.3 Å². The van der Waals surface area contributed by atoms with Gasteiger partial charge in [-0.2, -0.15) is 0 Å². The molecule has 3 heterocycles. The highest BCUT2D eigenvalue weighted by Gasteiger charge is 2.31. The van der Waals surface area contributed by atoms with Gasteiger partial charge in [-0.1, -0.05) is 30.3 Å². The van der Waals surface area contributed by atoms with Crippen molar-refractivity contribution in [2.45, 2.75) is 18.5 Å². The molecule has 0 radical (unpaired) electrons. The predicted molar refractivity (Wildman–Crippen MR) is 91.8 cm³/mol. The predicted octanol–water partition coefficient (Wildman–Crippen LogP) is 1.68. The number of hydrogen-bond donors (Lipinski definition) is 1. The van der Waals surface area contributed by atoms with Crippen LogP contribution in [-0.2, 0) is 6.54 Å². The summed E-state index contributed by atoms with van der Waals surface area (Å²) in [5, 5.41) is 1.88. The summed E-state index contributed by atoms with van der Waals surface area (Å²) >= 11 is 1.48. The highest BCUT2D eigenvalue weighted by atomic mass is 32.1. The Morgan fingerprint density at radius 1 is 1.26 bits per heavy atom. The Hall–Kier alpha value is -2.02. The van der Waals surface area contributed by atoms with Gasteiger partial charge >= 0.3 is 0 Å². The molecular weight excluding hydrogens is 308 g/mol. The van der Waals surface area contributed by atoms with Gasteiger partial charge in [-0.25, -0.2) is 4.98 Å². The van der Waals surface area contributed by atoms with Crippen LogP contribution in [0.1, 0.15) is 17.2 Å². The molecule has 1 saturated heterocycles. The molecule has 1 aliphatic heterocycles. The Bertz CT molecular complexity index is 873. The van der Waals surface area contributed by atoms with Crippen molar-refractivity contribution in [3.63, 3.8) is 0 Å². The zero-order valence-electron chi connectivity index (χ0n) is 12.6. The molecule has 3 aromatic rings. The third kappa shape index (κ3) is 2.81. The Morgan fingerprint density at radius 3 is 2.91 bits per heavy atom. The lowest BCUT2D eigenvalue weighted by molar-refractivity contribution is 0.320. The van der Waals surface area contributed by atoms with E-state index in [-0.39, 0.29) is 11.6 Å². The molecule has 23 heavy (non-hydrogen) atoms. The number of rotatable bonds is 3. The molecule has 118 valence electrons. The van der Waals surface area contributed by atoms with Crippen molar-refractivity contribution in [1.29, 1.82) is 0 Å². The molecule has 1 aromatic carbocycles. The minimum Gasteiger partial charge on any atom is -0.326 e. The van der Waals surface area contributed by atoms with E-state index in [1.165, 1.54) is 16.9 Å². The van der Waals surface area contributed by atoms with E-state index in [2.05, 4.69) is 34.1 Å². The lowest BCUT2D eigenvalue weighted by atomic mass is 9.95. The number of likely N-dealkylation sites (tertiary alicyclic amines) is 1. The van der Waals surface area contributed by atoms with Crippen molar-refractivity contribution in [2.75, 3.05) is 13.1 Å². The summed E-state index contributed by atoms with van der Waals surface area (Å²) in [5.74, 6) is 0.336. The van der Waals surface area contributed by atoms with Gasteiger partial charge in [0, 0.05) is 49.2 Å². The lowest BCUT2D eigenvalue weighted by Gasteiger charge is -2.15. The second kappa shape index (κ2) is 5.88. The molecule has 4 rings (SSSR count). The normalized spacial score (nSPS) is 22.0. The van der Waals surface area contributed by atoms with E-state index >= 15 is 0 Å². The van der Waals surface area contributed by atoms with Crippen LogP contribution in [-0.4, -0.2) is 33.4 Å². The number of hydrogen-bond acceptors (Lipinski definition) is 5. The lowest BCUT2D eigenvalue weighted by Crippen LogP contribution is -2.29. The average Bonchev–Trinajstić information content (AvgIpc) is 3.15. The van der Waals surface area contributed by atoms with Gasteiger partial charge in [0.25, 0.3) is 5.56 Å². The number of nitrogens with two attached hydrogens (primary N) is 1. The Kier molecular flexibility index (Phi) is 3.72. The van der Waals surface area contributed by atoms with Crippen LogP contribution in [0.25, 0.3) is 4.96 Å². The van der Waals surface area contributed by atoms with Crippen LogP contribution in [0.5, 0.6) is 0 Å². The maximum absolute atomic E-state index is 12.1. The third-order valence-corrected chi connectivity index (χ3v) is 5.17. The number of thiazole rings is 1. The molecule has 1 aliphatic rings. The summed E-state index contributed by atoms with van der Waals surface area (Å²) in [4.78, 5) is 19.7. The molecule has 5 nitrogen and oxygen atoms in total. The highest BCUT2D eigenvalue weighted by Crippen LogP contribution is 2.27. The number of nitrogens with zero attached hydrogens (tertiary/aromatic N) is 3. The fraction of sp³-hybridized carbons (Fsp3) is 0.294. The van der Waals surface area contributed by atoms with E-state index in [4.69, 9.17) is 5.73 Å². The minimum absolute atomic E-state index is 0.0191. The molecule has 0 amide bonds. The van der Waals surface area contributed by atoms with E-state index in [1.54, 1.807) is 16.7 Å². The van der Waals surface area contributed by atoms with Crippen molar-refractivity contribution >= 4 is 16.3 Å². The van der Waals surface area contributed by atoms with Gasteiger partial charge in [0.05, 0.1) is 5.69 Å². The van der Waals surface area contributed by atoms with Gasteiger partial charge in [0.1, 0.15) is 0 Å². The summed E-state index contributed by atoms with van der Waals surface area (Å²) in [7, 11) is 0. The first-order valence-electron chi connectivity index (χ1n) is 7.69. The smallest absolute Gasteiger partial charge is 0.258 e. The summed E-state index contributed by atoms with van der Waals surface area (Å²) in [6, 6.07) is 12.1. The van der Waals surface area contributed by atoms with Crippen LogP contribution >= 0.6 is 11.3 Å². The third-order valence-electron chi connectivity index (χ3n) is 4.41. The molecule has 0 aliphatic carbocycles. The van der Waals surface area contributed by atoms with Crippen LogP contribution in [0, 0.1) is 0 Å².